The molecule has 0 saturated carbocycles. The lowest BCUT2D eigenvalue weighted by Gasteiger charge is -2.35. The van der Waals surface area contributed by atoms with Gasteiger partial charge in [-0.05, 0) is 37.5 Å². The smallest absolute Gasteiger partial charge is 0.254 e. The summed E-state index contributed by atoms with van der Waals surface area (Å²) < 4.78 is 10.4. The van der Waals surface area contributed by atoms with Crippen molar-refractivity contribution in [3.63, 3.8) is 0 Å². The Morgan fingerprint density at radius 1 is 1.23 bits per heavy atom. The largest absolute Gasteiger partial charge is 0.493 e. The van der Waals surface area contributed by atoms with Gasteiger partial charge in [0, 0.05) is 24.6 Å². The fourth-order valence-corrected chi connectivity index (χ4v) is 2.85. The fraction of sp³-hybridized carbons (Fsp3) is 0.500. The van der Waals surface area contributed by atoms with E-state index in [0.717, 1.165) is 19.3 Å². The number of carbonyl (C=O) groups excluding carboxylic acids is 2. The summed E-state index contributed by atoms with van der Waals surface area (Å²) in [4.78, 5) is 25.7. The lowest BCUT2D eigenvalue weighted by Crippen LogP contribution is -2.45. The van der Waals surface area contributed by atoms with Crippen molar-refractivity contribution < 1.29 is 19.1 Å². The summed E-state index contributed by atoms with van der Waals surface area (Å²) in [7, 11) is 3.08. The summed E-state index contributed by atoms with van der Waals surface area (Å²) in [5, 5.41) is 0. The van der Waals surface area contributed by atoms with Gasteiger partial charge in [-0.1, -0.05) is 0 Å². The molecule has 0 unspecified atom stereocenters. The van der Waals surface area contributed by atoms with Crippen molar-refractivity contribution in [2.75, 3.05) is 20.8 Å². The van der Waals surface area contributed by atoms with Crippen molar-refractivity contribution in [3.8, 4) is 11.5 Å². The molecule has 120 valence electrons. The first-order chi connectivity index (χ1) is 10.6. The van der Waals surface area contributed by atoms with Gasteiger partial charge in [0.15, 0.2) is 11.5 Å². The van der Waals surface area contributed by atoms with E-state index >= 15 is 0 Å². The van der Waals surface area contributed by atoms with E-state index in [9.17, 15) is 9.59 Å². The van der Waals surface area contributed by atoms with E-state index in [-0.39, 0.29) is 24.3 Å². The van der Waals surface area contributed by atoms with Crippen LogP contribution in [0.4, 0.5) is 0 Å². The van der Waals surface area contributed by atoms with Crippen LogP contribution in [-0.2, 0) is 4.79 Å². The van der Waals surface area contributed by atoms with Crippen molar-refractivity contribution >= 4 is 11.8 Å². The van der Waals surface area contributed by atoms with Crippen LogP contribution in [0.15, 0.2) is 18.2 Å². The predicted molar refractivity (Wildman–Crippen MR) is 82.0 cm³/mol. The average Bonchev–Trinajstić information content (AvgIpc) is 2.53. The third-order valence-electron chi connectivity index (χ3n) is 3.96. The minimum absolute atomic E-state index is 0.105. The van der Waals surface area contributed by atoms with Crippen LogP contribution in [0, 0.1) is 0 Å². The molecule has 6 heteroatoms. The molecule has 1 heterocycles. The number of rotatable bonds is 5. The van der Waals surface area contributed by atoms with Gasteiger partial charge in [0.25, 0.3) is 5.91 Å². The quantitative estimate of drug-likeness (QED) is 0.895. The number of piperidine rings is 1. The van der Waals surface area contributed by atoms with Gasteiger partial charge in [-0.15, -0.1) is 0 Å². The lowest BCUT2D eigenvalue weighted by molar-refractivity contribution is -0.119. The van der Waals surface area contributed by atoms with Gasteiger partial charge in [-0.3, -0.25) is 9.59 Å². The van der Waals surface area contributed by atoms with Crippen LogP contribution >= 0.6 is 0 Å². The van der Waals surface area contributed by atoms with Gasteiger partial charge in [0.05, 0.1) is 14.2 Å². The van der Waals surface area contributed by atoms with Gasteiger partial charge in [-0.25, -0.2) is 0 Å². The summed E-state index contributed by atoms with van der Waals surface area (Å²) in [6.07, 6.45) is 2.96. The summed E-state index contributed by atoms with van der Waals surface area (Å²) in [5.74, 6) is 0.604. The predicted octanol–water partition coefficient (Wildman–Crippen LogP) is 1.57. The molecule has 6 nitrogen and oxygen atoms in total. The second-order valence-electron chi connectivity index (χ2n) is 5.39. The van der Waals surface area contributed by atoms with Gasteiger partial charge < -0.3 is 20.1 Å². The molecule has 2 amide bonds. The Morgan fingerprint density at radius 2 is 1.95 bits per heavy atom. The summed E-state index contributed by atoms with van der Waals surface area (Å²) in [6.45, 7) is 0.644. The highest BCUT2D eigenvalue weighted by Gasteiger charge is 2.29. The number of ether oxygens (including phenoxy) is 2. The van der Waals surface area contributed by atoms with E-state index in [2.05, 4.69) is 0 Å². The average molecular weight is 306 g/mol. The number of amides is 2. The van der Waals surface area contributed by atoms with Crippen molar-refractivity contribution in [1.82, 2.24) is 4.90 Å². The molecule has 22 heavy (non-hydrogen) atoms. The highest BCUT2D eigenvalue weighted by molar-refractivity contribution is 5.95. The molecule has 0 spiro atoms. The number of nitrogens with zero attached hydrogens (tertiary/aromatic N) is 1. The Bertz CT molecular complexity index is 559. The number of primary amides is 1. The third kappa shape index (κ3) is 3.50. The maximum atomic E-state index is 12.7. The standard InChI is InChI=1S/C16H22N2O4/c1-21-13-7-6-11(9-14(13)22-2)16(20)18-8-4-3-5-12(18)10-15(17)19/h6-7,9,12H,3-5,8,10H2,1-2H3,(H2,17,19)/t12-/m0/s1. The Morgan fingerprint density at radius 3 is 2.59 bits per heavy atom. The molecule has 1 aliphatic heterocycles. The van der Waals surface area contributed by atoms with Gasteiger partial charge in [-0.2, -0.15) is 0 Å². The molecular formula is C16H22N2O4. The zero-order chi connectivity index (χ0) is 16.1. The van der Waals surface area contributed by atoms with Crippen LogP contribution in [0.5, 0.6) is 11.5 Å². The molecule has 0 radical (unpaired) electrons. The zero-order valence-corrected chi connectivity index (χ0v) is 13.0. The van der Waals surface area contributed by atoms with Crippen LogP contribution in [0.25, 0.3) is 0 Å². The first-order valence-electron chi connectivity index (χ1n) is 7.38. The second kappa shape index (κ2) is 7.15. The number of hydrogen-bond donors (Lipinski definition) is 1. The van der Waals surface area contributed by atoms with Crippen LogP contribution in [0.3, 0.4) is 0 Å². The number of methoxy groups -OCH3 is 2. The zero-order valence-electron chi connectivity index (χ0n) is 13.0. The van der Waals surface area contributed by atoms with Gasteiger partial charge in [0.1, 0.15) is 0 Å². The van der Waals surface area contributed by atoms with Crippen molar-refractivity contribution in [3.05, 3.63) is 23.8 Å². The van der Waals surface area contributed by atoms with E-state index in [1.807, 2.05) is 0 Å². The minimum Gasteiger partial charge on any atom is -0.493 e. The maximum Gasteiger partial charge on any atom is 0.254 e. The van der Waals surface area contributed by atoms with Gasteiger partial charge in [0.2, 0.25) is 5.91 Å². The van der Waals surface area contributed by atoms with E-state index < -0.39 is 0 Å². The number of hydrogen-bond acceptors (Lipinski definition) is 4. The highest BCUT2D eigenvalue weighted by atomic mass is 16.5. The minimum atomic E-state index is -0.378. The molecule has 0 aliphatic carbocycles. The summed E-state index contributed by atoms with van der Waals surface area (Å²) in [5.41, 5.74) is 5.82. The van der Waals surface area contributed by atoms with Gasteiger partial charge >= 0.3 is 0 Å². The number of nitrogens with two attached hydrogens (primary N) is 1. The highest BCUT2D eigenvalue weighted by Crippen LogP contribution is 2.29. The lowest BCUT2D eigenvalue weighted by atomic mass is 9.98. The van der Waals surface area contributed by atoms with Crippen molar-refractivity contribution in [2.45, 2.75) is 31.7 Å². The molecule has 1 aromatic carbocycles. The fourth-order valence-electron chi connectivity index (χ4n) is 2.85. The second-order valence-corrected chi connectivity index (χ2v) is 5.39. The molecule has 0 aromatic heterocycles. The topological polar surface area (TPSA) is 81.9 Å². The Kier molecular flexibility index (Phi) is 5.25. The van der Waals surface area contributed by atoms with E-state index in [4.69, 9.17) is 15.2 Å². The van der Waals surface area contributed by atoms with E-state index in [1.165, 1.54) is 7.11 Å². The van der Waals surface area contributed by atoms with Crippen molar-refractivity contribution in [2.24, 2.45) is 5.73 Å². The summed E-state index contributed by atoms with van der Waals surface area (Å²) in [6, 6.07) is 4.96. The third-order valence-corrected chi connectivity index (χ3v) is 3.96. The maximum absolute atomic E-state index is 12.7. The molecular weight excluding hydrogens is 284 g/mol. The molecule has 2 rings (SSSR count). The SMILES string of the molecule is COc1ccc(C(=O)N2CCCC[C@H]2CC(N)=O)cc1OC. The Hall–Kier alpha value is -2.24. The van der Waals surface area contributed by atoms with E-state index in [0.29, 0.717) is 23.6 Å². The Balaban J connectivity index is 2.23. The van der Waals surface area contributed by atoms with Crippen LogP contribution in [0.1, 0.15) is 36.0 Å². The normalized spacial score (nSPS) is 17.9. The molecule has 1 aliphatic rings. The Labute approximate surface area is 130 Å². The molecule has 1 saturated heterocycles. The molecule has 2 N–H and O–H groups in total. The van der Waals surface area contributed by atoms with Crippen molar-refractivity contribution in [1.29, 1.82) is 0 Å². The molecule has 0 bridgehead atoms. The number of carbonyl (C=O) groups is 2. The monoisotopic (exact) mass is 306 g/mol. The van der Waals surface area contributed by atoms with Crippen LogP contribution in [0.2, 0.25) is 0 Å². The van der Waals surface area contributed by atoms with Crippen LogP contribution < -0.4 is 15.2 Å². The molecule has 1 atom stereocenters. The number of benzene rings is 1. The number of likely N-dealkylation sites (tertiary alicyclic amines) is 1. The van der Waals surface area contributed by atoms with E-state index in [1.54, 1.807) is 30.2 Å². The first-order valence-corrected chi connectivity index (χ1v) is 7.38. The summed E-state index contributed by atoms with van der Waals surface area (Å²) >= 11 is 0. The molecule has 1 fully saturated rings. The first kappa shape index (κ1) is 16.1. The molecule has 1 aromatic rings. The van der Waals surface area contributed by atoms with Crippen LogP contribution in [-0.4, -0.2) is 43.5 Å².